The first kappa shape index (κ1) is 15.8. The Morgan fingerprint density at radius 3 is 2.74 bits per heavy atom. The van der Waals surface area contributed by atoms with Crippen LogP contribution >= 0.6 is 0 Å². The molecule has 0 unspecified atom stereocenters. The Morgan fingerprint density at radius 2 is 2.04 bits per heavy atom. The van der Waals surface area contributed by atoms with Gasteiger partial charge in [0, 0.05) is 18.2 Å². The fourth-order valence-corrected chi connectivity index (χ4v) is 3.16. The number of Topliss-reactive ketones (excluding diaryl/α,β-unsaturated/α-hetero) is 1. The minimum absolute atomic E-state index is 0.111. The molecular weight excluding hydrogens is 296 g/mol. The highest BCUT2D eigenvalue weighted by Crippen LogP contribution is 2.37. The Labute approximate surface area is 135 Å². The van der Waals surface area contributed by atoms with E-state index in [2.05, 4.69) is 17.1 Å². The summed E-state index contributed by atoms with van der Waals surface area (Å²) in [6, 6.07) is 3.29. The lowest BCUT2D eigenvalue weighted by Gasteiger charge is -2.30. The second-order valence-corrected chi connectivity index (χ2v) is 6.34. The lowest BCUT2D eigenvalue weighted by molar-refractivity contribution is -0.117. The molecule has 0 saturated carbocycles. The number of piperidine rings is 1. The molecule has 6 heteroatoms. The summed E-state index contributed by atoms with van der Waals surface area (Å²) in [5.74, 6) is 1.48. The van der Waals surface area contributed by atoms with E-state index in [1.165, 1.54) is 13.3 Å². The monoisotopic (exact) mass is 318 g/mol. The number of nitrogens with zero attached hydrogens (tertiary/aromatic N) is 1. The molecule has 1 N–H and O–H groups in total. The van der Waals surface area contributed by atoms with Crippen molar-refractivity contribution < 1.29 is 19.1 Å². The molecule has 0 aromatic heterocycles. The standard InChI is InChI=1S/C17H22N2O4/c1-11-4-3-5-19(8-11)9-17(21)18-14-7-16-15(22-10-23-16)6-13(14)12(2)20/h6-7,11H,3-5,8-10H2,1-2H3,(H,18,21)/t11-/m1/s1. The quantitative estimate of drug-likeness (QED) is 0.863. The molecule has 23 heavy (non-hydrogen) atoms. The highest BCUT2D eigenvalue weighted by atomic mass is 16.7. The fraction of sp³-hybridized carbons (Fsp3) is 0.529. The van der Waals surface area contributed by atoms with Gasteiger partial charge in [-0.2, -0.15) is 0 Å². The molecule has 1 amide bonds. The molecule has 1 aromatic rings. The van der Waals surface area contributed by atoms with Gasteiger partial charge in [0.1, 0.15) is 0 Å². The maximum absolute atomic E-state index is 12.3. The number of fused-ring (bicyclic) bond motifs is 1. The summed E-state index contributed by atoms with van der Waals surface area (Å²) in [6.45, 7) is 6.04. The summed E-state index contributed by atoms with van der Waals surface area (Å²) in [6.07, 6.45) is 2.34. The van der Waals surface area contributed by atoms with Crippen LogP contribution in [0.5, 0.6) is 11.5 Å². The van der Waals surface area contributed by atoms with E-state index in [0.717, 1.165) is 19.5 Å². The predicted molar refractivity (Wildman–Crippen MR) is 86.0 cm³/mol. The van der Waals surface area contributed by atoms with Crippen molar-refractivity contribution in [3.8, 4) is 11.5 Å². The van der Waals surface area contributed by atoms with Crippen LogP contribution in [0.1, 0.15) is 37.0 Å². The third kappa shape index (κ3) is 3.64. The Kier molecular flexibility index (Phi) is 4.52. The van der Waals surface area contributed by atoms with Crippen LogP contribution < -0.4 is 14.8 Å². The number of benzene rings is 1. The van der Waals surface area contributed by atoms with Crippen LogP contribution in [0.15, 0.2) is 12.1 Å². The molecule has 2 aliphatic rings. The summed E-state index contributed by atoms with van der Waals surface area (Å²) >= 11 is 0. The van der Waals surface area contributed by atoms with Crippen LogP contribution in [0.3, 0.4) is 0 Å². The molecule has 0 spiro atoms. The van der Waals surface area contributed by atoms with Gasteiger partial charge in [-0.3, -0.25) is 14.5 Å². The predicted octanol–water partition coefficient (Wildman–Crippen LogP) is 2.29. The zero-order valence-electron chi connectivity index (χ0n) is 13.6. The van der Waals surface area contributed by atoms with Gasteiger partial charge in [0.15, 0.2) is 17.3 Å². The van der Waals surface area contributed by atoms with E-state index in [4.69, 9.17) is 9.47 Å². The second-order valence-electron chi connectivity index (χ2n) is 6.34. The van der Waals surface area contributed by atoms with E-state index in [1.807, 2.05) is 0 Å². The zero-order valence-corrected chi connectivity index (χ0v) is 13.6. The van der Waals surface area contributed by atoms with Gasteiger partial charge in [-0.25, -0.2) is 0 Å². The zero-order chi connectivity index (χ0) is 16.4. The third-order valence-corrected chi connectivity index (χ3v) is 4.27. The largest absolute Gasteiger partial charge is 0.454 e. The van der Waals surface area contributed by atoms with Crippen molar-refractivity contribution in [1.29, 1.82) is 0 Å². The summed E-state index contributed by atoms with van der Waals surface area (Å²) < 4.78 is 10.6. The van der Waals surface area contributed by atoms with Crippen molar-refractivity contribution in [1.82, 2.24) is 4.90 Å². The van der Waals surface area contributed by atoms with Crippen molar-refractivity contribution in [3.05, 3.63) is 17.7 Å². The van der Waals surface area contributed by atoms with Gasteiger partial charge in [-0.05, 0) is 38.3 Å². The number of carbonyl (C=O) groups excluding carboxylic acids is 2. The normalized spacial score (nSPS) is 20.3. The van der Waals surface area contributed by atoms with Crippen LogP contribution in [-0.2, 0) is 4.79 Å². The molecule has 124 valence electrons. The first-order valence-corrected chi connectivity index (χ1v) is 7.99. The van der Waals surface area contributed by atoms with E-state index < -0.39 is 0 Å². The molecule has 0 radical (unpaired) electrons. The maximum Gasteiger partial charge on any atom is 0.238 e. The summed E-state index contributed by atoms with van der Waals surface area (Å²) in [4.78, 5) is 26.3. The maximum atomic E-state index is 12.3. The second kappa shape index (κ2) is 6.58. The van der Waals surface area contributed by atoms with E-state index in [0.29, 0.717) is 35.2 Å². The van der Waals surface area contributed by atoms with E-state index in [-0.39, 0.29) is 18.5 Å². The number of hydrogen-bond donors (Lipinski definition) is 1. The van der Waals surface area contributed by atoms with Crippen molar-refractivity contribution >= 4 is 17.4 Å². The molecule has 1 atom stereocenters. The smallest absolute Gasteiger partial charge is 0.238 e. The number of ether oxygens (including phenoxy) is 2. The van der Waals surface area contributed by atoms with Crippen LogP contribution in [-0.4, -0.2) is 43.0 Å². The molecule has 3 rings (SSSR count). The lowest BCUT2D eigenvalue weighted by atomic mass is 10.0. The molecule has 1 saturated heterocycles. The molecule has 1 aromatic carbocycles. The first-order chi connectivity index (χ1) is 11.0. The van der Waals surface area contributed by atoms with Gasteiger partial charge in [-0.1, -0.05) is 6.92 Å². The van der Waals surface area contributed by atoms with Gasteiger partial charge in [0.05, 0.1) is 12.2 Å². The highest BCUT2D eigenvalue weighted by molar-refractivity contribution is 6.05. The number of likely N-dealkylation sites (tertiary alicyclic amines) is 1. The van der Waals surface area contributed by atoms with Crippen LogP contribution in [0.2, 0.25) is 0 Å². The molecule has 2 heterocycles. The van der Waals surface area contributed by atoms with Crippen LogP contribution in [0.25, 0.3) is 0 Å². The van der Waals surface area contributed by atoms with Crippen molar-refractivity contribution in [2.45, 2.75) is 26.7 Å². The lowest BCUT2D eigenvalue weighted by Crippen LogP contribution is -2.39. The number of anilines is 1. The van der Waals surface area contributed by atoms with Crippen molar-refractivity contribution in [2.24, 2.45) is 5.92 Å². The van der Waals surface area contributed by atoms with Crippen molar-refractivity contribution in [2.75, 3.05) is 31.7 Å². The minimum atomic E-state index is -0.120. The van der Waals surface area contributed by atoms with E-state index >= 15 is 0 Å². The first-order valence-electron chi connectivity index (χ1n) is 7.99. The molecule has 1 fully saturated rings. The van der Waals surface area contributed by atoms with Gasteiger partial charge in [-0.15, -0.1) is 0 Å². The number of ketones is 1. The average Bonchev–Trinajstić information content (AvgIpc) is 2.93. The number of amides is 1. The Morgan fingerprint density at radius 1 is 1.30 bits per heavy atom. The molecule has 6 nitrogen and oxygen atoms in total. The number of hydrogen-bond acceptors (Lipinski definition) is 5. The number of nitrogens with one attached hydrogen (secondary N) is 1. The molecule has 0 bridgehead atoms. The summed E-state index contributed by atoms with van der Waals surface area (Å²) in [5, 5.41) is 2.85. The SMILES string of the molecule is CC(=O)c1cc2c(cc1NC(=O)CN1CCC[C@@H](C)C1)OCO2. The van der Waals surface area contributed by atoms with Crippen molar-refractivity contribution in [3.63, 3.8) is 0 Å². The Bertz CT molecular complexity index is 629. The van der Waals surface area contributed by atoms with E-state index in [1.54, 1.807) is 12.1 Å². The topological polar surface area (TPSA) is 67.9 Å². The Hall–Kier alpha value is -2.08. The van der Waals surface area contributed by atoms with E-state index in [9.17, 15) is 9.59 Å². The third-order valence-electron chi connectivity index (χ3n) is 4.27. The average molecular weight is 318 g/mol. The van der Waals surface area contributed by atoms with Gasteiger partial charge < -0.3 is 14.8 Å². The molecular formula is C17H22N2O4. The highest BCUT2D eigenvalue weighted by Gasteiger charge is 2.22. The van der Waals surface area contributed by atoms with Gasteiger partial charge >= 0.3 is 0 Å². The molecule has 0 aliphatic carbocycles. The minimum Gasteiger partial charge on any atom is -0.454 e. The van der Waals surface area contributed by atoms with Crippen LogP contribution in [0.4, 0.5) is 5.69 Å². The van der Waals surface area contributed by atoms with Gasteiger partial charge in [0.2, 0.25) is 12.7 Å². The number of rotatable bonds is 4. The fourth-order valence-electron chi connectivity index (χ4n) is 3.16. The van der Waals surface area contributed by atoms with Crippen LogP contribution in [0, 0.1) is 5.92 Å². The number of carbonyl (C=O) groups is 2. The molecule has 2 aliphatic heterocycles. The summed E-state index contributed by atoms with van der Waals surface area (Å²) in [5.41, 5.74) is 0.923. The van der Waals surface area contributed by atoms with Gasteiger partial charge in [0.25, 0.3) is 0 Å². The Balaban J connectivity index is 1.71. The summed E-state index contributed by atoms with van der Waals surface area (Å²) in [7, 11) is 0.